The number of methoxy groups -OCH3 is 2. The predicted octanol–water partition coefficient (Wildman–Crippen LogP) is 1.04. The van der Waals surface area contributed by atoms with Crippen LogP contribution in [0.2, 0.25) is 0 Å². The first-order chi connectivity index (χ1) is 8.17. The van der Waals surface area contributed by atoms with Crippen molar-refractivity contribution in [3.63, 3.8) is 0 Å². The van der Waals surface area contributed by atoms with Crippen molar-refractivity contribution in [1.29, 1.82) is 0 Å². The summed E-state index contributed by atoms with van der Waals surface area (Å²) >= 11 is 0. The standard InChI is InChI=1S/C12H23N3O2/c1-10(2)14-6-11-5-13-9-15(11)7-12(17-4)8-16-3/h5,9-10,12,14H,6-8H2,1-4H3. The fourth-order valence-electron chi connectivity index (χ4n) is 1.57. The van der Waals surface area contributed by atoms with E-state index in [0.717, 1.165) is 18.8 Å². The van der Waals surface area contributed by atoms with E-state index in [1.807, 2.05) is 12.5 Å². The van der Waals surface area contributed by atoms with Gasteiger partial charge in [0, 0.05) is 33.0 Å². The number of rotatable bonds is 8. The lowest BCUT2D eigenvalue weighted by Gasteiger charge is -2.17. The van der Waals surface area contributed by atoms with Crippen LogP contribution in [-0.2, 0) is 22.6 Å². The molecule has 5 nitrogen and oxygen atoms in total. The average Bonchev–Trinajstić information content (AvgIpc) is 2.73. The molecule has 17 heavy (non-hydrogen) atoms. The smallest absolute Gasteiger partial charge is 0.0983 e. The maximum atomic E-state index is 5.35. The summed E-state index contributed by atoms with van der Waals surface area (Å²) in [5, 5.41) is 3.38. The number of ether oxygens (including phenoxy) is 2. The molecule has 0 saturated carbocycles. The van der Waals surface area contributed by atoms with Crippen molar-refractivity contribution in [2.75, 3.05) is 20.8 Å². The van der Waals surface area contributed by atoms with Crippen LogP contribution in [0.15, 0.2) is 12.5 Å². The Kier molecular flexibility index (Phi) is 6.18. The van der Waals surface area contributed by atoms with Crippen LogP contribution in [-0.4, -0.2) is 42.5 Å². The zero-order valence-corrected chi connectivity index (χ0v) is 11.1. The molecule has 0 fully saturated rings. The fourth-order valence-corrected chi connectivity index (χ4v) is 1.57. The molecule has 0 aliphatic heterocycles. The Morgan fingerprint density at radius 1 is 1.41 bits per heavy atom. The molecule has 1 unspecified atom stereocenters. The first-order valence-electron chi connectivity index (χ1n) is 5.91. The molecule has 1 N–H and O–H groups in total. The van der Waals surface area contributed by atoms with Gasteiger partial charge in [-0.05, 0) is 0 Å². The SMILES string of the molecule is COCC(Cn1cncc1CNC(C)C)OC. The van der Waals surface area contributed by atoms with Crippen molar-refractivity contribution >= 4 is 0 Å². The Morgan fingerprint density at radius 3 is 2.76 bits per heavy atom. The summed E-state index contributed by atoms with van der Waals surface area (Å²) in [6, 6.07) is 0.468. The normalized spacial score (nSPS) is 13.2. The Balaban J connectivity index is 2.55. The third-order valence-electron chi connectivity index (χ3n) is 2.58. The molecule has 1 aromatic heterocycles. The average molecular weight is 241 g/mol. The molecule has 1 rings (SSSR count). The third-order valence-corrected chi connectivity index (χ3v) is 2.58. The van der Waals surface area contributed by atoms with Gasteiger partial charge in [-0.15, -0.1) is 0 Å². The van der Waals surface area contributed by atoms with E-state index in [4.69, 9.17) is 9.47 Å². The van der Waals surface area contributed by atoms with E-state index in [-0.39, 0.29) is 6.10 Å². The summed E-state index contributed by atoms with van der Waals surface area (Å²) in [4.78, 5) is 4.17. The van der Waals surface area contributed by atoms with Gasteiger partial charge < -0.3 is 19.4 Å². The molecule has 1 atom stereocenters. The second kappa shape index (κ2) is 7.42. The molecule has 0 saturated heterocycles. The van der Waals surface area contributed by atoms with Gasteiger partial charge >= 0.3 is 0 Å². The Bertz CT molecular complexity index is 312. The minimum Gasteiger partial charge on any atom is -0.382 e. The maximum Gasteiger partial charge on any atom is 0.0983 e. The zero-order chi connectivity index (χ0) is 12.7. The van der Waals surface area contributed by atoms with Crippen LogP contribution >= 0.6 is 0 Å². The van der Waals surface area contributed by atoms with Crippen LogP contribution < -0.4 is 5.32 Å². The molecule has 1 aromatic rings. The molecular formula is C12H23N3O2. The van der Waals surface area contributed by atoms with Gasteiger partial charge in [0.15, 0.2) is 0 Å². The van der Waals surface area contributed by atoms with Gasteiger partial charge in [0.2, 0.25) is 0 Å². The summed E-state index contributed by atoms with van der Waals surface area (Å²) in [6.07, 6.45) is 3.78. The molecule has 0 radical (unpaired) electrons. The Morgan fingerprint density at radius 2 is 2.18 bits per heavy atom. The minimum atomic E-state index is 0.0620. The van der Waals surface area contributed by atoms with Gasteiger partial charge in [0.25, 0.3) is 0 Å². The van der Waals surface area contributed by atoms with Gasteiger partial charge in [-0.25, -0.2) is 4.98 Å². The lowest BCUT2D eigenvalue weighted by atomic mass is 10.3. The van der Waals surface area contributed by atoms with E-state index in [2.05, 4.69) is 28.7 Å². The highest BCUT2D eigenvalue weighted by atomic mass is 16.5. The molecular weight excluding hydrogens is 218 g/mol. The monoisotopic (exact) mass is 241 g/mol. The highest BCUT2D eigenvalue weighted by molar-refractivity contribution is 4.98. The fraction of sp³-hybridized carbons (Fsp3) is 0.750. The molecule has 0 aromatic carbocycles. The first-order valence-corrected chi connectivity index (χ1v) is 5.91. The molecule has 0 aliphatic rings. The van der Waals surface area contributed by atoms with E-state index in [1.54, 1.807) is 14.2 Å². The van der Waals surface area contributed by atoms with Crippen LogP contribution in [0, 0.1) is 0 Å². The van der Waals surface area contributed by atoms with Crippen molar-refractivity contribution in [3.05, 3.63) is 18.2 Å². The highest BCUT2D eigenvalue weighted by Gasteiger charge is 2.10. The number of hydrogen-bond donors (Lipinski definition) is 1. The van der Waals surface area contributed by atoms with E-state index < -0.39 is 0 Å². The van der Waals surface area contributed by atoms with E-state index in [9.17, 15) is 0 Å². The second-order valence-corrected chi connectivity index (χ2v) is 4.39. The van der Waals surface area contributed by atoms with Gasteiger partial charge in [0.1, 0.15) is 0 Å². The van der Waals surface area contributed by atoms with Crippen LogP contribution in [0.3, 0.4) is 0 Å². The number of hydrogen-bond acceptors (Lipinski definition) is 4. The van der Waals surface area contributed by atoms with Crippen molar-refractivity contribution in [1.82, 2.24) is 14.9 Å². The van der Waals surface area contributed by atoms with E-state index in [1.165, 1.54) is 0 Å². The zero-order valence-electron chi connectivity index (χ0n) is 11.1. The van der Waals surface area contributed by atoms with Gasteiger partial charge in [0.05, 0.1) is 31.3 Å². The van der Waals surface area contributed by atoms with Crippen molar-refractivity contribution in [2.45, 2.75) is 39.1 Å². The van der Waals surface area contributed by atoms with Gasteiger partial charge in [-0.2, -0.15) is 0 Å². The lowest BCUT2D eigenvalue weighted by molar-refractivity contribution is 0.0179. The first kappa shape index (κ1) is 14.2. The second-order valence-electron chi connectivity index (χ2n) is 4.39. The summed E-state index contributed by atoms with van der Waals surface area (Å²) in [7, 11) is 3.38. The van der Waals surface area contributed by atoms with Crippen LogP contribution in [0.25, 0.3) is 0 Å². The number of aromatic nitrogens is 2. The van der Waals surface area contributed by atoms with Crippen molar-refractivity contribution in [3.8, 4) is 0 Å². The Labute approximate surface area is 103 Å². The summed E-state index contributed by atoms with van der Waals surface area (Å²) in [6.45, 7) is 6.43. The molecule has 1 heterocycles. The maximum absolute atomic E-state index is 5.35. The number of nitrogens with one attached hydrogen (secondary N) is 1. The lowest BCUT2D eigenvalue weighted by Crippen LogP contribution is -2.27. The summed E-state index contributed by atoms with van der Waals surface area (Å²) in [5.74, 6) is 0. The Hall–Kier alpha value is -0.910. The summed E-state index contributed by atoms with van der Waals surface area (Å²) < 4.78 is 12.6. The van der Waals surface area contributed by atoms with Gasteiger partial charge in [-0.3, -0.25) is 0 Å². The van der Waals surface area contributed by atoms with E-state index in [0.29, 0.717) is 12.6 Å². The van der Waals surface area contributed by atoms with Crippen LogP contribution in [0.4, 0.5) is 0 Å². The number of imidazole rings is 1. The molecule has 0 spiro atoms. The number of nitrogens with zero attached hydrogens (tertiary/aromatic N) is 2. The van der Waals surface area contributed by atoms with Crippen molar-refractivity contribution in [2.24, 2.45) is 0 Å². The van der Waals surface area contributed by atoms with Gasteiger partial charge in [-0.1, -0.05) is 13.8 Å². The molecule has 98 valence electrons. The predicted molar refractivity (Wildman–Crippen MR) is 66.9 cm³/mol. The van der Waals surface area contributed by atoms with E-state index >= 15 is 0 Å². The highest BCUT2D eigenvalue weighted by Crippen LogP contribution is 2.04. The molecule has 0 aliphatic carbocycles. The molecule has 5 heteroatoms. The topological polar surface area (TPSA) is 48.3 Å². The van der Waals surface area contributed by atoms with Crippen molar-refractivity contribution < 1.29 is 9.47 Å². The van der Waals surface area contributed by atoms with Crippen LogP contribution in [0.1, 0.15) is 19.5 Å². The molecule has 0 bridgehead atoms. The third kappa shape index (κ3) is 4.85. The largest absolute Gasteiger partial charge is 0.382 e. The quantitative estimate of drug-likeness (QED) is 0.739. The molecule has 0 amide bonds. The van der Waals surface area contributed by atoms with Crippen LogP contribution in [0.5, 0.6) is 0 Å². The summed E-state index contributed by atoms with van der Waals surface area (Å²) in [5.41, 5.74) is 1.16. The minimum absolute atomic E-state index is 0.0620.